The number of nitriles is 1. The first-order valence-corrected chi connectivity index (χ1v) is 12.1. The summed E-state index contributed by atoms with van der Waals surface area (Å²) in [5.41, 5.74) is 1.78. The van der Waals surface area contributed by atoms with Crippen LogP contribution >= 0.6 is 11.3 Å². The molecule has 0 radical (unpaired) electrons. The Morgan fingerprint density at radius 2 is 2.00 bits per heavy atom. The molecule has 0 amide bonds. The standard InChI is InChI=1S/C27H22N2O4S/c1-27(33-26(32)18-6-2-3-7-18)24(30)13-20-12-23(19-9-10-34-16-19)29(15-22(20)25(27)31)21-8-4-5-17(11-21)14-28/h4-5,8-13,15-16,18H,2-3,6-7H2,1H3. The topological polar surface area (TPSA) is 87.5 Å². The van der Waals surface area contributed by atoms with Gasteiger partial charge in [0.05, 0.1) is 23.2 Å². The molecular formula is C27H22N2O4S. The van der Waals surface area contributed by atoms with E-state index in [0.29, 0.717) is 22.4 Å². The molecule has 6 nitrogen and oxygen atoms in total. The quantitative estimate of drug-likeness (QED) is 0.465. The second kappa shape index (κ2) is 8.54. The average Bonchev–Trinajstić information content (AvgIpc) is 3.57. The van der Waals surface area contributed by atoms with E-state index in [4.69, 9.17) is 4.74 Å². The van der Waals surface area contributed by atoms with E-state index in [-0.39, 0.29) is 5.92 Å². The van der Waals surface area contributed by atoms with Gasteiger partial charge in [-0.3, -0.25) is 14.4 Å². The van der Waals surface area contributed by atoms with Crippen LogP contribution < -0.4 is 4.90 Å². The van der Waals surface area contributed by atoms with Gasteiger partial charge in [-0.25, -0.2) is 0 Å². The Kier molecular flexibility index (Phi) is 5.54. The molecule has 3 aliphatic rings. The van der Waals surface area contributed by atoms with Gasteiger partial charge < -0.3 is 9.64 Å². The van der Waals surface area contributed by atoms with E-state index < -0.39 is 23.1 Å². The van der Waals surface area contributed by atoms with Crippen molar-refractivity contribution in [2.75, 3.05) is 4.90 Å². The third kappa shape index (κ3) is 3.70. The Morgan fingerprint density at radius 1 is 1.21 bits per heavy atom. The molecule has 0 spiro atoms. The van der Waals surface area contributed by atoms with Gasteiger partial charge in [0.1, 0.15) is 0 Å². The van der Waals surface area contributed by atoms with E-state index in [2.05, 4.69) is 6.07 Å². The summed E-state index contributed by atoms with van der Waals surface area (Å²) in [6.07, 6.45) is 8.19. The minimum absolute atomic E-state index is 0.265. The molecule has 1 aromatic heterocycles. The van der Waals surface area contributed by atoms with Crippen LogP contribution in [0.3, 0.4) is 0 Å². The fourth-order valence-electron chi connectivity index (χ4n) is 4.64. The number of rotatable bonds is 4. The van der Waals surface area contributed by atoms with Crippen molar-refractivity contribution in [3.05, 3.63) is 81.7 Å². The number of carbonyl (C=O) groups excluding carboxylic acids is 3. The molecule has 1 atom stereocenters. The molecule has 2 aromatic rings. The van der Waals surface area contributed by atoms with E-state index in [9.17, 15) is 19.6 Å². The first kappa shape index (κ1) is 22.1. The molecule has 34 heavy (non-hydrogen) atoms. The summed E-state index contributed by atoms with van der Waals surface area (Å²) in [5, 5.41) is 13.3. The first-order chi connectivity index (χ1) is 16.4. The maximum absolute atomic E-state index is 13.6. The summed E-state index contributed by atoms with van der Waals surface area (Å²) in [6, 6.07) is 11.2. The molecule has 2 heterocycles. The largest absolute Gasteiger partial charge is 0.442 e. The van der Waals surface area contributed by atoms with Gasteiger partial charge in [-0.05, 0) is 67.1 Å². The zero-order valence-electron chi connectivity index (χ0n) is 18.6. The average molecular weight is 471 g/mol. The Morgan fingerprint density at radius 3 is 2.71 bits per heavy atom. The lowest BCUT2D eigenvalue weighted by Gasteiger charge is -2.35. The number of hydrogen-bond acceptors (Lipinski definition) is 7. The summed E-state index contributed by atoms with van der Waals surface area (Å²) < 4.78 is 5.61. The number of allylic oxidation sites excluding steroid dienone is 2. The first-order valence-electron chi connectivity index (χ1n) is 11.2. The maximum Gasteiger partial charge on any atom is 0.310 e. The molecule has 1 saturated carbocycles. The van der Waals surface area contributed by atoms with Gasteiger partial charge >= 0.3 is 5.97 Å². The van der Waals surface area contributed by atoms with Crippen LogP contribution in [0.25, 0.3) is 5.70 Å². The van der Waals surface area contributed by atoms with Gasteiger partial charge in [0, 0.05) is 28.4 Å². The van der Waals surface area contributed by atoms with Crippen molar-refractivity contribution in [2.45, 2.75) is 38.2 Å². The number of benzene rings is 1. The zero-order valence-corrected chi connectivity index (χ0v) is 19.4. The van der Waals surface area contributed by atoms with E-state index >= 15 is 0 Å². The highest BCUT2D eigenvalue weighted by Gasteiger charge is 2.50. The molecule has 2 aliphatic carbocycles. The lowest BCUT2D eigenvalue weighted by Crippen LogP contribution is -2.51. The summed E-state index contributed by atoms with van der Waals surface area (Å²) in [6.45, 7) is 1.39. The van der Waals surface area contributed by atoms with Crippen LogP contribution in [-0.2, 0) is 19.1 Å². The van der Waals surface area contributed by atoms with Crippen molar-refractivity contribution in [1.82, 2.24) is 0 Å². The molecule has 0 bridgehead atoms. The second-order valence-electron chi connectivity index (χ2n) is 8.85. The van der Waals surface area contributed by atoms with Crippen molar-refractivity contribution in [3.8, 4) is 6.07 Å². The molecule has 7 heteroatoms. The summed E-state index contributed by atoms with van der Waals surface area (Å²) in [4.78, 5) is 41.3. The molecule has 5 rings (SSSR count). The van der Waals surface area contributed by atoms with Crippen LogP contribution in [0.2, 0.25) is 0 Å². The Labute approximate surface area is 201 Å². The van der Waals surface area contributed by atoms with E-state index in [1.807, 2.05) is 27.8 Å². The minimum atomic E-state index is -1.89. The number of hydrogen-bond donors (Lipinski definition) is 0. The monoisotopic (exact) mass is 470 g/mol. The molecular weight excluding hydrogens is 448 g/mol. The zero-order chi connectivity index (χ0) is 23.9. The van der Waals surface area contributed by atoms with Gasteiger partial charge in [0.25, 0.3) is 0 Å². The molecule has 1 unspecified atom stereocenters. The molecule has 0 N–H and O–H groups in total. The van der Waals surface area contributed by atoms with Crippen molar-refractivity contribution >= 4 is 40.3 Å². The van der Waals surface area contributed by atoms with Gasteiger partial charge in [-0.2, -0.15) is 16.6 Å². The maximum atomic E-state index is 13.6. The normalized spacial score (nSPS) is 22.5. The SMILES string of the molecule is CC1(OC(=O)C2CCCC2)C(=O)C=C2C=C(c3ccsc3)N(c3cccc(C#N)c3)C=C2C1=O. The van der Waals surface area contributed by atoms with E-state index in [1.54, 1.807) is 30.5 Å². The number of ketones is 2. The number of anilines is 1. The third-order valence-corrected chi connectivity index (χ3v) is 7.30. The van der Waals surface area contributed by atoms with Crippen LogP contribution in [0.4, 0.5) is 5.69 Å². The van der Waals surface area contributed by atoms with Gasteiger partial charge in [-0.1, -0.05) is 18.9 Å². The third-order valence-electron chi connectivity index (χ3n) is 6.62. The molecule has 1 aliphatic heterocycles. The van der Waals surface area contributed by atoms with Gasteiger partial charge in [0.15, 0.2) is 0 Å². The second-order valence-corrected chi connectivity index (χ2v) is 9.63. The van der Waals surface area contributed by atoms with E-state index in [0.717, 1.165) is 36.9 Å². The van der Waals surface area contributed by atoms with Crippen LogP contribution in [0.5, 0.6) is 0 Å². The van der Waals surface area contributed by atoms with Crippen LogP contribution in [0, 0.1) is 17.2 Å². The highest BCUT2D eigenvalue weighted by molar-refractivity contribution is 7.08. The van der Waals surface area contributed by atoms with Gasteiger partial charge in [0.2, 0.25) is 17.2 Å². The number of carbonyl (C=O) groups is 3. The lowest BCUT2D eigenvalue weighted by molar-refractivity contribution is -0.172. The summed E-state index contributed by atoms with van der Waals surface area (Å²) in [5.74, 6) is -1.82. The fraction of sp³-hybridized carbons (Fsp3) is 0.259. The van der Waals surface area contributed by atoms with Crippen molar-refractivity contribution < 1.29 is 19.1 Å². The number of nitrogens with zero attached hydrogens (tertiary/aromatic N) is 2. The summed E-state index contributed by atoms with van der Waals surface area (Å²) in [7, 11) is 0. The number of esters is 1. The predicted molar refractivity (Wildman–Crippen MR) is 129 cm³/mol. The molecule has 1 aromatic carbocycles. The lowest BCUT2D eigenvalue weighted by atomic mass is 9.79. The Balaban J connectivity index is 1.58. The van der Waals surface area contributed by atoms with Gasteiger partial charge in [-0.15, -0.1) is 0 Å². The minimum Gasteiger partial charge on any atom is -0.442 e. The van der Waals surface area contributed by atoms with Crippen molar-refractivity contribution in [3.63, 3.8) is 0 Å². The molecule has 0 saturated heterocycles. The smallest absolute Gasteiger partial charge is 0.310 e. The van der Waals surface area contributed by atoms with Crippen molar-refractivity contribution in [2.24, 2.45) is 5.92 Å². The highest BCUT2D eigenvalue weighted by Crippen LogP contribution is 2.40. The Hall–Kier alpha value is -3.76. The number of thiophene rings is 1. The molecule has 1 fully saturated rings. The fourth-order valence-corrected chi connectivity index (χ4v) is 5.29. The highest BCUT2D eigenvalue weighted by atomic mass is 32.1. The Bertz CT molecular complexity index is 1320. The molecule has 170 valence electrons. The van der Waals surface area contributed by atoms with E-state index in [1.165, 1.54) is 24.3 Å². The van der Waals surface area contributed by atoms with Crippen LogP contribution in [-0.4, -0.2) is 23.1 Å². The summed E-state index contributed by atoms with van der Waals surface area (Å²) >= 11 is 1.54. The number of fused-ring (bicyclic) bond motifs is 1. The van der Waals surface area contributed by atoms with Crippen LogP contribution in [0.15, 0.2) is 70.6 Å². The van der Waals surface area contributed by atoms with Crippen molar-refractivity contribution in [1.29, 1.82) is 5.26 Å². The number of ether oxygens (including phenoxy) is 1. The predicted octanol–water partition coefficient (Wildman–Crippen LogP) is 4.94. The number of Topliss-reactive ketones (excluding diaryl/α,β-unsaturated/α-hetero) is 1. The van der Waals surface area contributed by atoms with Crippen LogP contribution in [0.1, 0.15) is 43.7 Å².